The Labute approximate surface area is 140 Å². The largest absolute Gasteiger partial charge is 0.326 e. The van der Waals surface area contributed by atoms with Crippen LogP contribution >= 0.6 is 12.4 Å². The number of anilines is 1. The number of para-hydroxylation sites is 1. The predicted octanol–water partition coefficient (Wildman–Crippen LogP) is 4.03. The molecular weight excluding hydrogens is 296 g/mol. The van der Waals surface area contributed by atoms with Gasteiger partial charge in [0.15, 0.2) is 0 Å². The fourth-order valence-electron chi connectivity index (χ4n) is 3.15. The van der Waals surface area contributed by atoms with E-state index in [1.165, 1.54) is 18.4 Å². The van der Waals surface area contributed by atoms with E-state index >= 15 is 0 Å². The van der Waals surface area contributed by atoms with Crippen LogP contribution in [0, 0.1) is 11.8 Å². The normalized spacial score (nSPS) is 19.1. The van der Waals surface area contributed by atoms with Crippen LogP contribution in [0.25, 0.3) is 0 Å². The summed E-state index contributed by atoms with van der Waals surface area (Å²) < 4.78 is 0. The van der Waals surface area contributed by atoms with Crippen molar-refractivity contribution < 1.29 is 4.79 Å². The number of hydrogen-bond acceptors (Lipinski definition) is 2. The molecule has 2 atom stereocenters. The van der Waals surface area contributed by atoms with Gasteiger partial charge < -0.3 is 10.6 Å². The Balaban J connectivity index is 0.00000242. The molecule has 1 saturated heterocycles. The zero-order valence-corrected chi connectivity index (χ0v) is 14.5. The van der Waals surface area contributed by atoms with Gasteiger partial charge in [-0.15, -0.1) is 12.4 Å². The van der Waals surface area contributed by atoms with Gasteiger partial charge in [-0.3, -0.25) is 4.79 Å². The molecule has 3 nitrogen and oxygen atoms in total. The predicted molar refractivity (Wildman–Crippen MR) is 95.7 cm³/mol. The van der Waals surface area contributed by atoms with Crippen LogP contribution in [0.2, 0.25) is 0 Å². The molecule has 2 unspecified atom stereocenters. The fraction of sp³-hybridized carbons (Fsp3) is 0.611. The number of hydrogen-bond donors (Lipinski definition) is 2. The standard InChI is InChI=1S/C18H28N2O.ClH/c1-3-7-15-8-4-5-10-17(15)20-18(21)12-14(2)16-9-6-11-19-13-16;/h4-5,8,10,14,16,19H,3,6-7,9,11-13H2,1-2H3,(H,20,21);1H. The Morgan fingerprint density at radius 3 is 2.86 bits per heavy atom. The van der Waals surface area contributed by atoms with Crippen molar-refractivity contribution in [2.24, 2.45) is 11.8 Å². The molecule has 1 heterocycles. The second-order valence-corrected chi connectivity index (χ2v) is 6.24. The van der Waals surface area contributed by atoms with Crippen LogP contribution in [-0.2, 0) is 11.2 Å². The maximum Gasteiger partial charge on any atom is 0.224 e. The second kappa shape index (κ2) is 9.86. The Bertz CT molecular complexity index is 458. The minimum absolute atomic E-state index is 0. The molecule has 0 aromatic heterocycles. The van der Waals surface area contributed by atoms with Gasteiger partial charge in [-0.25, -0.2) is 0 Å². The molecule has 124 valence electrons. The summed E-state index contributed by atoms with van der Waals surface area (Å²) >= 11 is 0. The van der Waals surface area contributed by atoms with Gasteiger partial charge in [-0.05, 0) is 55.8 Å². The molecule has 1 amide bonds. The number of piperidine rings is 1. The molecule has 4 heteroatoms. The monoisotopic (exact) mass is 324 g/mol. The number of carbonyl (C=O) groups excluding carboxylic acids is 1. The zero-order chi connectivity index (χ0) is 15.1. The van der Waals surface area contributed by atoms with Gasteiger partial charge in [0, 0.05) is 12.1 Å². The topological polar surface area (TPSA) is 41.1 Å². The van der Waals surface area contributed by atoms with E-state index in [-0.39, 0.29) is 18.3 Å². The smallest absolute Gasteiger partial charge is 0.224 e. The van der Waals surface area contributed by atoms with Crippen molar-refractivity contribution in [2.45, 2.75) is 46.0 Å². The number of rotatable bonds is 6. The lowest BCUT2D eigenvalue weighted by atomic mass is 9.85. The van der Waals surface area contributed by atoms with Gasteiger partial charge in [0.05, 0.1) is 0 Å². The maximum absolute atomic E-state index is 12.3. The third-order valence-electron chi connectivity index (χ3n) is 4.46. The lowest BCUT2D eigenvalue weighted by Gasteiger charge is -2.28. The Morgan fingerprint density at radius 1 is 1.41 bits per heavy atom. The van der Waals surface area contributed by atoms with Gasteiger partial charge in [0.25, 0.3) is 0 Å². The first-order chi connectivity index (χ1) is 10.2. The molecule has 0 saturated carbocycles. The summed E-state index contributed by atoms with van der Waals surface area (Å²) in [5.41, 5.74) is 2.22. The third-order valence-corrected chi connectivity index (χ3v) is 4.46. The molecule has 0 bridgehead atoms. The molecule has 1 fully saturated rings. The lowest BCUT2D eigenvalue weighted by Crippen LogP contribution is -2.34. The van der Waals surface area contributed by atoms with E-state index in [0.717, 1.165) is 31.6 Å². The minimum atomic E-state index is 0. The van der Waals surface area contributed by atoms with E-state index in [0.29, 0.717) is 18.3 Å². The molecular formula is C18H29ClN2O. The first-order valence-corrected chi connectivity index (χ1v) is 8.29. The van der Waals surface area contributed by atoms with Crippen molar-refractivity contribution in [3.05, 3.63) is 29.8 Å². The lowest BCUT2D eigenvalue weighted by molar-refractivity contribution is -0.117. The molecule has 2 rings (SSSR count). The quantitative estimate of drug-likeness (QED) is 0.829. The molecule has 1 aromatic carbocycles. The number of amides is 1. The van der Waals surface area contributed by atoms with Crippen molar-refractivity contribution in [1.29, 1.82) is 0 Å². The highest BCUT2D eigenvalue weighted by Crippen LogP contribution is 2.24. The van der Waals surface area contributed by atoms with Gasteiger partial charge in [0.1, 0.15) is 0 Å². The summed E-state index contributed by atoms with van der Waals surface area (Å²) in [6.45, 7) is 6.55. The summed E-state index contributed by atoms with van der Waals surface area (Å²) in [6.07, 6.45) is 5.20. The van der Waals surface area contributed by atoms with E-state index in [4.69, 9.17) is 0 Å². The fourth-order valence-corrected chi connectivity index (χ4v) is 3.15. The van der Waals surface area contributed by atoms with E-state index < -0.39 is 0 Å². The number of benzene rings is 1. The van der Waals surface area contributed by atoms with Crippen molar-refractivity contribution in [2.75, 3.05) is 18.4 Å². The first kappa shape index (κ1) is 19.0. The Hall–Kier alpha value is -1.06. The molecule has 1 aliphatic heterocycles. The summed E-state index contributed by atoms with van der Waals surface area (Å²) in [4.78, 5) is 12.3. The van der Waals surface area contributed by atoms with Gasteiger partial charge in [0.2, 0.25) is 5.91 Å². The average Bonchev–Trinajstić information content (AvgIpc) is 2.50. The van der Waals surface area contributed by atoms with Crippen molar-refractivity contribution >= 4 is 24.0 Å². The number of nitrogens with one attached hydrogen (secondary N) is 2. The van der Waals surface area contributed by atoms with Crippen LogP contribution in [0.15, 0.2) is 24.3 Å². The van der Waals surface area contributed by atoms with Crippen molar-refractivity contribution in [1.82, 2.24) is 5.32 Å². The highest BCUT2D eigenvalue weighted by molar-refractivity contribution is 5.91. The van der Waals surface area contributed by atoms with E-state index in [1.807, 2.05) is 18.2 Å². The van der Waals surface area contributed by atoms with Gasteiger partial charge in [-0.1, -0.05) is 38.5 Å². The highest BCUT2D eigenvalue weighted by atomic mass is 35.5. The van der Waals surface area contributed by atoms with Gasteiger partial charge in [-0.2, -0.15) is 0 Å². The number of halogens is 1. The first-order valence-electron chi connectivity index (χ1n) is 8.29. The molecule has 0 spiro atoms. The number of aryl methyl sites for hydroxylation is 1. The van der Waals surface area contributed by atoms with Crippen LogP contribution in [0.4, 0.5) is 5.69 Å². The van der Waals surface area contributed by atoms with Crippen LogP contribution < -0.4 is 10.6 Å². The summed E-state index contributed by atoms with van der Waals surface area (Å²) in [5, 5.41) is 6.54. The van der Waals surface area contributed by atoms with E-state index in [2.05, 4.69) is 30.5 Å². The van der Waals surface area contributed by atoms with E-state index in [9.17, 15) is 4.79 Å². The Morgan fingerprint density at radius 2 is 2.18 bits per heavy atom. The number of carbonyl (C=O) groups is 1. The summed E-state index contributed by atoms with van der Waals surface area (Å²) in [6, 6.07) is 8.14. The van der Waals surface area contributed by atoms with Crippen LogP contribution in [0.5, 0.6) is 0 Å². The SMILES string of the molecule is CCCc1ccccc1NC(=O)CC(C)C1CCCNC1.Cl. The summed E-state index contributed by atoms with van der Waals surface area (Å²) in [7, 11) is 0. The maximum atomic E-state index is 12.3. The molecule has 0 radical (unpaired) electrons. The molecule has 1 aromatic rings. The second-order valence-electron chi connectivity index (χ2n) is 6.24. The Kier molecular flexibility index (Phi) is 8.51. The van der Waals surface area contributed by atoms with E-state index in [1.54, 1.807) is 0 Å². The van der Waals surface area contributed by atoms with Crippen LogP contribution in [0.3, 0.4) is 0 Å². The van der Waals surface area contributed by atoms with Gasteiger partial charge >= 0.3 is 0 Å². The molecule has 2 N–H and O–H groups in total. The molecule has 0 aliphatic carbocycles. The molecule has 22 heavy (non-hydrogen) atoms. The minimum Gasteiger partial charge on any atom is -0.326 e. The third kappa shape index (κ3) is 5.62. The highest BCUT2D eigenvalue weighted by Gasteiger charge is 2.22. The zero-order valence-electron chi connectivity index (χ0n) is 13.7. The van der Waals surface area contributed by atoms with Crippen LogP contribution in [0.1, 0.15) is 45.1 Å². The summed E-state index contributed by atoms with van der Waals surface area (Å²) in [5.74, 6) is 1.23. The molecule has 1 aliphatic rings. The van der Waals surface area contributed by atoms with Crippen molar-refractivity contribution in [3.63, 3.8) is 0 Å². The van der Waals surface area contributed by atoms with Crippen LogP contribution in [-0.4, -0.2) is 19.0 Å². The van der Waals surface area contributed by atoms with Crippen molar-refractivity contribution in [3.8, 4) is 0 Å². The average molecular weight is 325 g/mol.